The van der Waals surface area contributed by atoms with Crippen LogP contribution in [0.1, 0.15) is 36.3 Å². The number of hydrogen-bond donors (Lipinski definition) is 0. The van der Waals surface area contributed by atoms with E-state index in [2.05, 4.69) is 5.10 Å². The highest BCUT2D eigenvalue weighted by Crippen LogP contribution is 2.26. The molecule has 3 aromatic heterocycles. The molecule has 3 heterocycles. The van der Waals surface area contributed by atoms with Crippen LogP contribution < -0.4 is 5.56 Å². The number of carbonyl (C=O) groups is 1. The van der Waals surface area contributed by atoms with Gasteiger partial charge in [-0.05, 0) is 18.6 Å². The van der Waals surface area contributed by atoms with Gasteiger partial charge in [-0.25, -0.2) is 0 Å². The van der Waals surface area contributed by atoms with Gasteiger partial charge in [0.15, 0.2) is 0 Å². The monoisotopic (exact) mass is 294 g/mol. The van der Waals surface area contributed by atoms with Crippen molar-refractivity contribution in [2.75, 3.05) is 0 Å². The lowest BCUT2D eigenvalue weighted by Crippen LogP contribution is -2.19. The molecule has 3 rings (SSSR count). The van der Waals surface area contributed by atoms with Crippen LogP contribution in [0.15, 0.2) is 29.2 Å². The molecular formula is C16H14N4O2. The third-order valence-electron chi connectivity index (χ3n) is 3.64. The Labute approximate surface area is 126 Å². The van der Waals surface area contributed by atoms with Crippen molar-refractivity contribution in [1.29, 1.82) is 5.26 Å². The van der Waals surface area contributed by atoms with Gasteiger partial charge in [-0.15, -0.1) is 0 Å². The van der Waals surface area contributed by atoms with Crippen LogP contribution in [0.2, 0.25) is 0 Å². The summed E-state index contributed by atoms with van der Waals surface area (Å²) in [6.07, 6.45) is 3.15. The summed E-state index contributed by atoms with van der Waals surface area (Å²) >= 11 is 0. The predicted octanol–water partition coefficient (Wildman–Crippen LogP) is 2.13. The van der Waals surface area contributed by atoms with Crippen molar-refractivity contribution >= 4 is 22.3 Å². The second-order valence-corrected chi connectivity index (χ2v) is 5.10. The zero-order valence-electron chi connectivity index (χ0n) is 12.3. The van der Waals surface area contributed by atoms with E-state index in [1.54, 1.807) is 18.3 Å². The topological polar surface area (TPSA) is 80.2 Å². The Morgan fingerprint density at radius 3 is 2.82 bits per heavy atom. The zero-order valence-corrected chi connectivity index (χ0v) is 12.3. The van der Waals surface area contributed by atoms with Gasteiger partial charge < -0.3 is 0 Å². The zero-order chi connectivity index (χ0) is 15.9. The molecule has 0 radical (unpaired) electrons. The van der Waals surface area contributed by atoms with E-state index < -0.39 is 5.56 Å². The number of hydrogen-bond acceptors (Lipinski definition) is 4. The van der Waals surface area contributed by atoms with Gasteiger partial charge in [-0.1, -0.05) is 19.4 Å². The number of fused-ring (bicyclic) bond motifs is 3. The van der Waals surface area contributed by atoms with Gasteiger partial charge in [0.2, 0.25) is 5.91 Å². The maximum atomic E-state index is 12.5. The fraction of sp³-hybridized carbons (Fsp3) is 0.250. The smallest absolute Gasteiger partial charge is 0.275 e. The second kappa shape index (κ2) is 5.11. The van der Waals surface area contributed by atoms with Gasteiger partial charge in [0.1, 0.15) is 17.1 Å². The van der Waals surface area contributed by atoms with E-state index >= 15 is 0 Å². The molecule has 6 heteroatoms. The van der Waals surface area contributed by atoms with E-state index in [9.17, 15) is 14.9 Å². The van der Waals surface area contributed by atoms with Crippen LogP contribution in [0, 0.1) is 11.3 Å². The minimum atomic E-state index is -0.434. The Morgan fingerprint density at radius 2 is 2.18 bits per heavy atom. The highest BCUT2D eigenvalue weighted by atomic mass is 16.2. The minimum Gasteiger partial charge on any atom is -0.282 e. The van der Waals surface area contributed by atoms with Crippen LogP contribution in [-0.4, -0.2) is 20.1 Å². The number of aromatic nitrogens is 3. The van der Waals surface area contributed by atoms with Crippen molar-refractivity contribution in [3.63, 3.8) is 0 Å². The molecule has 0 spiro atoms. The van der Waals surface area contributed by atoms with Crippen LogP contribution in [-0.2, 0) is 6.42 Å². The summed E-state index contributed by atoms with van der Waals surface area (Å²) in [5.41, 5.74) is 1.22. The first-order valence-corrected chi connectivity index (χ1v) is 7.06. The molecule has 3 aromatic rings. The first kappa shape index (κ1) is 14.0. The highest BCUT2D eigenvalue weighted by Gasteiger charge is 2.22. The molecule has 0 atom stereocenters. The van der Waals surface area contributed by atoms with E-state index in [1.807, 2.05) is 19.1 Å². The van der Waals surface area contributed by atoms with Gasteiger partial charge in [0.05, 0.1) is 11.2 Å². The van der Waals surface area contributed by atoms with Crippen LogP contribution in [0.3, 0.4) is 0 Å². The van der Waals surface area contributed by atoms with E-state index in [-0.39, 0.29) is 11.5 Å². The van der Waals surface area contributed by atoms with Crippen LogP contribution >= 0.6 is 0 Å². The maximum Gasteiger partial charge on any atom is 0.275 e. The lowest BCUT2D eigenvalue weighted by Gasteiger charge is -2.05. The molecule has 0 saturated heterocycles. The van der Waals surface area contributed by atoms with Gasteiger partial charge in [-0.2, -0.15) is 15.0 Å². The molecule has 0 N–H and O–H groups in total. The number of nitrogens with zero attached hydrogens (tertiary/aromatic N) is 4. The van der Waals surface area contributed by atoms with Crippen molar-refractivity contribution in [1.82, 2.24) is 14.2 Å². The normalized spacial score (nSPS) is 11.0. The Balaban J connectivity index is 2.67. The molecule has 0 aliphatic heterocycles. The molecule has 0 amide bonds. The molecule has 110 valence electrons. The molecule has 0 aliphatic rings. The lowest BCUT2D eigenvalue weighted by molar-refractivity contribution is 0.0926. The van der Waals surface area contributed by atoms with Crippen molar-refractivity contribution in [2.24, 2.45) is 0 Å². The molecule has 0 aromatic carbocycles. The number of rotatable bonds is 2. The fourth-order valence-electron chi connectivity index (χ4n) is 2.75. The molecule has 6 nitrogen and oxygen atoms in total. The Kier molecular flexibility index (Phi) is 3.26. The fourth-order valence-corrected chi connectivity index (χ4v) is 2.75. The maximum absolute atomic E-state index is 12.5. The van der Waals surface area contributed by atoms with Crippen LogP contribution in [0.4, 0.5) is 0 Å². The third kappa shape index (κ3) is 1.83. The van der Waals surface area contributed by atoms with Gasteiger partial charge in [-0.3, -0.25) is 14.0 Å². The van der Waals surface area contributed by atoms with Crippen molar-refractivity contribution in [3.8, 4) is 6.07 Å². The first-order chi connectivity index (χ1) is 10.6. The standard InChI is InChI=1S/C16H14N4O2/c1-3-6-12-14-13-7-4-5-8-19(13)16(22)11(9-17)15(14)20(18-12)10(2)21/h4-5,7-8H,3,6H2,1-2H3. The first-order valence-electron chi connectivity index (χ1n) is 7.06. The van der Waals surface area contributed by atoms with Crippen molar-refractivity contribution in [2.45, 2.75) is 26.7 Å². The molecule has 0 fully saturated rings. The van der Waals surface area contributed by atoms with Gasteiger partial charge in [0, 0.05) is 18.5 Å². The molecule has 0 aliphatic carbocycles. The number of aryl methyl sites for hydroxylation is 1. The highest BCUT2D eigenvalue weighted by molar-refractivity contribution is 6.02. The summed E-state index contributed by atoms with van der Waals surface area (Å²) in [5.74, 6) is -0.316. The molecule has 0 unspecified atom stereocenters. The summed E-state index contributed by atoms with van der Waals surface area (Å²) in [4.78, 5) is 24.4. The summed E-state index contributed by atoms with van der Waals surface area (Å²) in [5, 5.41) is 14.5. The quantitative estimate of drug-likeness (QED) is 0.725. The Hall–Kier alpha value is -2.94. The van der Waals surface area contributed by atoms with E-state index in [0.717, 1.165) is 12.1 Å². The second-order valence-electron chi connectivity index (χ2n) is 5.10. The number of pyridine rings is 2. The summed E-state index contributed by atoms with van der Waals surface area (Å²) < 4.78 is 2.61. The predicted molar refractivity (Wildman–Crippen MR) is 82.0 cm³/mol. The summed E-state index contributed by atoms with van der Waals surface area (Å²) in [6.45, 7) is 3.39. The van der Waals surface area contributed by atoms with E-state index in [0.29, 0.717) is 22.8 Å². The SMILES string of the molecule is CCCc1nn(C(C)=O)c2c(C#N)c(=O)n3ccccc3c12. The minimum absolute atomic E-state index is 0.0521. The molecular weight excluding hydrogens is 280 g/mol. The average Bonchev–Trinajstić information content (AvgIpc) is 2.88. The van der Waals surface area contributed by atoms with Crippen LogP contribution in [0.5, 0.6) is 0 Å². The number of carbonyl (C=O) groups excluding carboxylic acids is 1. The Morgan fingerprint density at radius 1 is 1.41 bits per heavy atom. The largest absolute Gasteiger partial charge is 0.282 e. The molecule has 0 bridgehead atoms. The van der Waals surface area contributed by atoms with Gasteiger partial charge >= 0.3 is 0 Å². The average molecular weight is 294 g/mol. The lowest BCUT2D eigenvalue weighted by atomic mass is 10.1. The van der Waals surface area contributed by atoms with Crippen molar-refractivity contribution < 1.29 is 4.79 Å². The van der Waals surface area contributed by atoms with E-state index in [1.165, 1.54) is 16.0 Å². The van der Waals surface area contributed by atoms with Crippen LogP contribution in [0.25, 0.3) is 16.4 Å². The third-order valence-corrected chi connectivity index (χ3v) is 3.64. The molecule has 0 saturated carbocycles. The van der Waals surface area contributed by atoms with E-state index in [4.69, 9.17) is 0 Å². The summed E-state index contributed by atoms with van der Waals surface area (Å²) in [7, 11) is 0. The Bertz CT molecular complexity index is 1000. The van der Waals surface area contributed by atoms with Gasteiger partial charge in [0.25, 0.3) is 5.56 Å². The molecule has 22 heavy (non-hydrogen) atoms. The van der Waals surface area contributed by atoms with Crippen molar-refractivity contribution in [3.05, 3.63) is 46.0 Å². The summed E-state index contributed by atoms with van der Waals surface area (Å²) in [6, 6.07) is 7.29. The number of nitriles is 1.